The van der Waals surface area contributed by atoms with E-state index in [0.29, 0.717) is 25.9 Å². The molecule has 1 aliphatic heterocycles. The van der Waals surface area contributed by atoms with Gasteiger partial charge in [-0.2, -0.15) is 0 Å². The lowest BCUT2D eigenvalue weighted by Gasteiger charge is -2.40. The summed E-state index contributed by atoms with van der Waals surface area (Å²) >= 11 is 0. The fraction of sp³-hybridized carbons (Fsp3) is 0.500. The standard InChI is InChI=1S/C20H27N3O5/c1-14(2)21-19(27)22-17(25)13-28-18(26)20(16-7-5-4-6-8-16)9-11-23(12-10-20)15(3)24/h4-8,14H,9-13H2,1-3H3,(H2,21,22,25,27). The van der Waals surface area contributed by atoms with Gasteiger partial charge < -0.3 is 15.0 Å². The van der Waals surface area contributed by atoms with Crippen LogP contribution in [0.2, 0.25) is 0 Å². The number of amides is 4. The van der Waals surface area contributed by atoms with E-state index < -0.39 is 29.9 Å². The van der Waals surface area contributed by atoms with Crippen molar-refractivity contribution >= 4 is 23.8 Å². The van der Waals surface area contributed by atoms with Gasteiger partial charge in [-0.3, -0.25) is 19.7 Å². The van der Waals surface area contributed by atoms with Crippen LogP contribution in [0, 0.1) is 0 Å². The first-order chi connectivity index (χ1) is 13.2. The number of likely N-dealkylation sites (tertiary alicyclic amines) is 1. The third-order valence-corrected chi connectivity index (χ3v) is 4.79. The summed E-state index contributed by atoms with van der Waals surface area (Å²) in [5.74, 6) is -1.26. The Hall–Kier alpha value is -2.90. The van der Waals surface area contributed by atoms with Gasteiger partial charge in [0.05, 0.1) is 5.41 Å². The summed E-state index contributed by atoms with van der Waals surface area (Å²) in [6, 6.07) is 8.47. The summed E-state index contributed by atoms with van der Waals surface area (Å²) in [5, 5.41) is 4.65. The molecule has 8 nitrogen and oxygen atoms in total. The summed E-state index contributed by atoms with van der Waals surface area (Å²) in [5.41, 5.74) is -0.130. The molecule has 0 bridgehead atoms. The molecule has 1 aromatic carbocycles. The fourth-order valence-corrected chi connectivity index (χ4v) is 3.30. The summed E-state index contributed by atoms with van der Waals surface area (Å²) in [4.78, 5) is 49.8. The average Bonchev–Trinajstić information content (AvgIpc) is 2.66. The van der Waals surface area contributed by atoms with Crippen LogP contribution in [0.15, 0.2) is 30.3 Å². The van der Waals surface area contributed by atoms with Gasteiger partial charge in [0.2, 0.25) is 5.91 Å². The van der Waals surface area contributed by atoms with Crippen LogP contribution in [0.5, 0.6) is 0 Å². The van der Waals surface area contributed by atoms with Gasteiger partial charge in [0.1, 0.15) is 0 Å². The number of hydrogen-bond donors (Lipinski definition) is 2. The van der Waals surface area contributed by atoms with E-state index in [1.807, 2.05) is 30.3 Å². The summed E-state index contributed by atoms with van der Waals surface area (Å²) in [7, 11) is 0. The number of piperidine rings is 1. The second kappa shape index (κ2) is 9.34. The first-order valence-corrected chi connectivity index (χ1v) is 9.33. The number of nitrogens with zero attached hydrogens (tertiary/aromatic N) is 1. The van der Waals surface area contributed by atoms with Gasteiger partial charge >= 0.3 is 12.0 Å². The molecular weight excluding hydrogens is 362 g/mol. The largest absolute Gasteiger partial charge is 0.455 e. The summed E-state index contributed by atoms with van der Waals surface area (Å²) in [6.07, 6.45) is 0.815. The van der Waals surface area contributed by atoms with Gasteiger partial charge in [0, 0.05) is 26.1 Å². The van der Waals surface area contributed by atoms with E-state index in [0.717, 1.165) is 5.56 Å². The molecule has 1 fully saturated rings. The molecular formula is C20H27N3O5. The van der Waals surface area contributed by atoms with Crippen molar-refractivity contribution in [2.24, 2.45) is 0 Å². The van der Waals surface area contributed by atoms with E-state index in [-0.39, 0.29) is 11.9 Å². The Kier molecular flexibility index (Phi) is 7.14. The number of imide groups is 1. The number of rotatable bonds is 5. The van der Waals surface area contributed by atoms with Crippen LogP contribution in [-0.4, -0.2) is 54.5 Å². The highest BCUT2D eigenvalue weighted by Crippen LogP contribution is 2.37. The monoisotopic (exact) mass is 389 g/mol. The van der Waals surface area contributed by atoms with Crippen LogP contribution in [-0.2, 0) is 24.5 Å². The minimum absolute atomic E-state index is 0.0365. The molecule has 0 saturated carbocycles. The third-order valence-electron chi connectivity index (χ3n) is 4.79. The van der Waals surface area contributed by atoms with Crippen LogP contribution in [0.4, 0.5) is 4.79 Å². The molecule has 2 N–H and O–H groups in total. The highest BCUT2D eigenvalue weighted by Gasteiger charge is 2.44. The average molecular weight is 389 g/mol. The highest BCUT2D eigenvalue weighted by molar-refractivity contribution is 5.96. The van der Waals surface area contributed by atoms with Crippen LogP contribution in [0.3, 0.4) is 0 Å². The molecule has 4 amide bonds. The van der Waals surface area contributed by atoms with Gasteiger partial charge in [0.15, 0.2) is 6.61 Å². The number of benzene rings is 1. The first kappa shape index (κ1) is 21.4. The van der Waals surface area contributed by atoms with Crippen LogP contribution >= 0.6 is 0 Å². The SMILES string of the molecule is CC(=O)N1CCC(C(=O)OCC(=O)NC(=O)NC(C)C)(c2ccccc2)CC1. The maximum atomic E-state index is 13.0. The van der Waals surface area contributed by atoms with Gasteiger partial charge in [0.25, 0.3) is 5.91 Å². The van der Waals surface area contributed by atoms with Crippen molar-refractivity contribution in [3.05, 3.63) is 35.9 Å². The van der Waals surface area contributed by atoms with E-state index >= 15 is 0 Å². The van der Waals surface area contributed by atoms with Crippen LogP contribution < -0.4 is 10.6 Å². The predicted molar refractivity (Wildman–Crippen MR) is 102 cm³/mol. The Morgan fingerprint density at radius 3 is 2.25 bits per heavy atom. The van der Waals surface area contributed by atoms with E-state index in [1.165, 1.54) is 6.92 Å². The molecule has 8 heteroatoms. The molecule has 1 saturated heterocycles. The number of nitrogens with one attached hydrogen (secondary N) is 2. The molecule has 1 heterocycles. The van der Waals surface area contributed by atoms with Crippen molar-refractivity contribution in [3.8, 4) is 0 Å². The molecule has 152 valence electrons. The van der Waals surface area contributed by atoms with Crippen molar-refractivity contribution in [2.75, 3.05) is 19.7 Å². The lowest BCUT2D eigenvalue weighted by atomic mass is 9.72. The van der Waals surface area contributed by atoms with E-state index in [4.69, 9.17) is 4.74 Å². The van der Waals surface area contributed by atoms with E-state index in [1.54, 1.807) is 18.7 Å². The highest BCUT2D eigenvalue weighted by atomic mass is 16.5. The second-order valence-corrected chi connectivity index (χ2v) is 7.21. The van der Waals surface area contributed by atoms with E-state index in [2.05, 4.69) is 10.6 Å². The maximum Gasteiger partial charge on any atom is 0.321 e. The van der Waals surface area contributed by atoms with Gasteiger partial charge in [-0.15, -0.1) is 0 Å². The third kappa shape index (κ3) is 5.31. The normalized spacial score (nSPS) is 15.6. The van der Waals surface area contributed by atoms with Gasteiger partial charge in [-0.1, -0.05) is 30.3 Å². The maximum absolute atomic E-state index is 13.0. The fourth-order valence-electron chi connectivity index (χ4n) is 3.30. The number of urea groups is 1. The van der Waals surface area contributed by atoms with Crippen molar-refractivity contribution in [2.45, 2.75) is 45.1 Å². The lowest BCUT2D eigenvalue weighted by Crippen LogP contribution is -2.50. The molecule has 0 aliphatic carbocycles. The molecule has 0 radical (unpaired) electrons. The van der Waals surface area contributed by atoms with Crippen LogP contribution in [0.25, 0.3) is 0 Å². The Bertz CT molecular complexity index is 725. The molecule has 1 aliphatic rings. The Labute approximate surface area is 164 Å². The van der Waals surface area contributed by atoms with Gasteiger partial charge in [-0.05, 0) is 32.3 Å². The number of ether oxygens (including phenoxy) is 1. The zero-order valence-corrected chi connectivity index (χ0v) is 16.5. The first-order valence-electron chi connectivity index (χ1n) is 9.33. The molecule has 0 atom stereocenters. The lowest BCUT2D eigenvalue weighted by molar-refractivity contribution is -0.157. The number of carbonyl (C=O) groups is 4. The smallest absolute Gasteiger partial charge is 0.321 e. The second-order valence-electron chi connectivity index (χ2n) is 7.21. The Morgan fingerprint density at radius 1 is 1.11 bits per heavy atom. The molecule has 28 heavy (non-hydrogen) atoms. The number of hydrogen-bond acceptors (Lipinski definition) is 5. The quantitative estimate of drug-likeness (QED) is 0.740. The van der Waals surface area contributed by atoms with Crippen molar-refractivity contribution in [3.63, 3.8) is 0 Å². The van der Waals surface area contributed by atoms with Crippen LogP contribution in [0.1, 0.15) is 39.2 Å². The van der Waals surface area contributed by atoms with Crippen molar-refractivity contribution in [1.82, 2.24) is 15.5 Å². The number of carbonyl (C=O) groups excluding carboxylic acids is 4. The Morgan fingerprint density at radius 2 is 1.71 bits per heavy atom. The summed E-state index contributed by atoms with van der Waals surface area (Å²) in [6.45, 7) is 5.35. The minimum atomic E-state index is -0.923. The summed E-state index contributed by atoms with van der Waals surface area (Å²) < 4.78 is 5.27. The molecule has 0 unspecified atom stereocenters. The topological polar surface area (TPSA) is 105 Å². The predicted octanol–water partition coefficient (Wildman–Crippen LogP) is 1.34. The zero-order chi connectivity index (χ0) is 20.7. The Balaban J connectivity index is 2.06. The minimum Gasteiger partial charge on any atom is -0.455 e. The molecule has 0 spiro atoms. The number of esters is 1. The molecule has 2 rings (SSSR count). The van der Waals surface area contributed by atoms with E-state index in [9.17, 15) is 19.2 Å². The van der Waals surface area contributed by atoms with Crippen molar-refractivity contribution < 1.29 is 23.9 Å². The van der Waals surface area contributed by atoms with Gasteiger partial charge in [-0.25, -0.2) is 4.79 Å². The van der Waals surface area contributed by atoms with Crippen molar-refractivity contribution in [1.29, 1.82) is 0 Å². The molecule has 1 aromatic rings. The zero-order valence-electron chi connectivity index (χ0n) is 16.5. The molecule has 0 aromatic heterocycles.